The molecule has 1 heterocycles. The summed E-state index contributed by atoms with van der Waals surface area (Å²) in [5, 5.41) is 7.81. The van der Waals surface area contributed by atoms with Crippen molar-refractivity contribution in [1.29, 1.82) is 0 Å². The zero-order chi connectivity index (χ0) is 13.1. The molecule has 3 rings (SSSR count). The number of nitrogens with one attached hydrogen (secondary N) is 1. The van der Waals surface area contributed by atoms with Crippen molar-refractivity contribution >= 4 is 5.69 Å². The predicted octanol–water partition coefficient (Wildman–Crippen LogP) is 2.55. The summed E-state index contributed by atoms with van der Waals surface area (Å²) in [6.45, 7) is 0. The third-order valence-electron chi connectivity index (χ3n) is 3.78. The van der Waals surface area contributed by atoms with Gasteiger partial charge in [-0.1, -0.05) is 0 Å². The molecule has 2 aromatic rings. The van der Waals surface area contributed by atoms with Crippen LogP contribution < -0.4 is 11.1 Å². The van der Waals surface area contributed by atoms with Crippen LogP contribution in [0.1, 0.15) is 25.7 Å². The van der Waals surface area contributed by atoms with E-state index in [-0.39, 0.29) is 0 Å². The van der Waals surface area contributed by atoms with E-state index in [4.69, 9.17) is 5.73 Å². The fourth-order valence-electron chi connectivity index (χ4n) is 2.63. The van der Waals surface area contributed by atoms with Crippen LogP contribution >= 0.6 is 0 Å². The van der Waals surface area contributed by atoms with Crippen LogP contribution in [0.4, 0.5) is 5.69 Å². The first kappa shape index (κ1) is 12.2. The highest BCUT2D eigenvalue weighted by atomic mass is 15.3. The van der Waals surface area contributed by atoms with Gasteiger partial charge in [0.05, 0.1) is 5.69 Å². The molecule has 0 radical (unpaired) electrons. The van der Waals surface area contributed by atoms with Crippen molar-refractivity contribution in [2.75, 3.05) is 5.32 Å². The molecule has 1 aromatic carbocycles. The van der Waals surface area contributed by atoms with Crippen molar-refractivity contribution in [1.82, 2.24) is 9.78 Å². The molecule has 1 aliphatic rings. The topological polar surface area (TPSA) is 55.9 Å². The molecular formula is C15H20N4. The number of aromatic nitrogens is 2. The van der Waals surface area contributed by atoms with Gasteiger partial charge in [-0.05, 0) is 56.0 Å². The normalized spacial score (nSPS) is 23.2. The van der Waals surface area contributed by atoms with E-state index in [1.54, 1.807) is 6.20 Å². The van der Waals surface area contributed by atoms with Gasteiger partial charge in [-0.25, -0.2) is 4.68 Å². The zero-order valence-electron chi connectivity index (χ0n) is 11.0. The highest BCUT2D eigenvalue weighted by Crippen LogP contribution is 2.21. The summed E-state index contributed by atoms with van der Waals surface area (Å²) >= 11 is 0. The van der Waals surface area contributed by atoms with Crippen molar-refractivity contribution in [3.63, 3.8) is 0 Å². The lowest BCUT2D eigenvalue weighted by atomic mass is 9.92. The highest BCUT2D eigenvalue weighted by molar-refractivity contribution is 5.49. The first-order chi connectivity index (χ1) is 9.31. The van der Waals surface area contributed by atoms with E-state index >= 15 is 0 Å². The lowest BCUT2D eigenvalue weighted by molar-refractivity contribution is 0.411. The summed E-state index contributed by atoms with van der Waals surface area (Å²) in [4.78, 5) is 0. The van der Waals surface area contributed by atoms with Crippen molar-refractivity contribution in [2.24, 2.45) is 5.73 Å². The molecule has 0 unspecified atom stereocenters. The minimum absolute atomic E-state index is 0.403. The Bertz CT molecular complexity index is 495. The van der Waals surface area contributed by atoms with Crippen LogP contribution in [0, 0.1) is 0 Å². The molecule has 100 valence electrons. The molecule has 19 heavy (non-hydrogen) atoms. The summed E-state index contributed by atoms with van der Waals surface area (Å²) in [7, 11) is 0. The van der Waals surface area contributed by atoms with E-state index in [0.29, 0.717) is 12.1 Å². The number of hydrogen-bond donors (Lipinski definition) is 2. The van der Waals surface area contributed by atoms with Crippen LogP contribution in [0.3, 0.4) is 0 Å². The SMILES string of the molecule is NC1CCC(Nc2ccc(-n3cccn3)cc2)CC1. The molecule has 4 nitrogen and oxygen atoms in total. The Morgan fingerprint density at radius 3 is 2.47 bits per heavy atom. The second-order valence-electron chi connectivity index (χ2n) is 5.25. The van der Waals surface area contributed by atoms with Crippen LogP contribution in [0.5, 0.6) is 0 Å². The Labute approximate surface area is 113 Å². The standard InChI is InChI=1S/C15H20N4/c16-12-2-4-13(5-3-12)18-14-6-8-15(9-7-14)19-11-1-10-17-19/h1,6-13,18H,2-5,16H2. The fourth-order valence-corrected chi connectivity index (χ4v) is 2.63. The number of nitrogens with two attached hydrogens (primary N) is 1. The van der Waals surface area contributed by atoms with Gasteiger partial charge >= 0.3 is 0 Å². The number of benzene rings is 1. The maximum absolute atomic E-state index is 5.93. The second-order valence-corrected chi connectivity index (χ2v) is 5.25. The van der Waals surface area contributed by atoms with E-state index in [2.05, 4.69) is 34.7 Å². The summed E-state index contributed by atoms with van der Waals surface area (Å²) in [5.74, 6) is 0. The van der Waals surface area contributed by atoms with Gasteiger partial charge in [-0.2, -0.15) is 5.10 Å². The number of nitrogens with zero attached hydrogens (tertiary/aromatic N) is 2. The van der Waals surface area contributed by atoms with Gasteiger partial charge < -0.3 is 11.1 Å². The van der Waals surface area contributed by atoms with E-state index in [9.17, 15) is 0 Å². The molecule has 3 N–H and O–H groups in total. The van der Waals surface area contributed by atoms with Crippen LogP contribution in [0.25, 0.3) is 5.69 Å². The number of anilines is 1. The smallest absolute Gasteiger partial charge is 0.0647 e. The third kappa shape index (κ3) is 2.96. The summed E-state index contributed by atoms with van der Waals surface area (Å²) in [6.07, 6.45) is 8.33. The first-order valence-electron chi connectivity index (χ1n) is 6.93. The van der Waals surface area contributed by atoms with Crippen LogP contribution in [0.2, 0.25) is 0 Å². The van der Waals surface area contributed by atoms with Crippen LogP contribution in [-0.4, -0.2) is 21.9 Å². The summed E-state index contributed by atoms with van der Waals surface area (Å²) in [5.41, 5.74) is 8.19. The molecule has 1 fully saturated rings. The Morgan fingerprint density at radius 1 is 1.11 bits per heavy atom. The van der Waals surface area contributed by atoms with Gasteiger partial charge in [-0.3, -0.25) is 0 Å². The minimum atomic E-state index is 0.403. The molecule has 0 saturated heterocycles. The monoisotopic (exact) mass is 256 g/mol. The molecular weight excluding hydrogens is 236 g/mol. The maximum atomic E-state index is 5.93. The molecule has 1 aliphatic carbocycles. The molecule has 0 bridgehead atoms. The Balaban J connectivity index is 1.63. The largest absolute Gasteiger partial charge is 0.382 e. The quantitative estimate of drug-likeness (QED) is 0.887. The maximum Gasteiger partial charge on any atom is 0.0647 e. The Morgan fingerprint density at radius 2 is 1.84 bits per heavy atom. The van der Waals surface area contributed by atoms with Crippen molar-refractivity contribution in [2.45, 2.75) is 37.8 Å². The van der Waals surface area contributed by atoms with Crippen LogP contribution in [0.15, 0.2) is 42.7 Å². The highest BCUT2D eigenvalue weighted by Gasteiger charge is 2.17. The predicted molar refractivity (Wildman–Crippen MR) is 77.4 cm³/mol. The molecule has 1 aromatic heterocycles. The van der Waals surface area contributed by atoms with E-state index in [0.717, 1.165) is 18.5 Å². The Hall–Kier alpha value is -1.81. The van der Waals surface area contributed by atoms with Crippen molar-refractivity contribution in [3.8, 4) is 5.69 Å². The summed E-state index contributed by atoms with van der Waals surface area (Å²) in [6, 6.07) is 11.3. The Kier molecular flexibility index (Phi) is 3.51. The van der Waals surface area contributed by atoms with Gasteiger partial charge in [0.1, 0.15) is 0 Å². The fraction of sp³-hybridized carbons (Fsp3) is 0.400. The van der Waals surface area contributed by atoms with Gasteiger partial charge in [0.15, 0.2) is 0 Å². The molecule has 0 atom stereocenters. The van der Waals surface area contributed by atoms with E-state index in [1.807, 2.05) is 16.9 Å². The average Bonchev–Trinajstić information content (AvgIpc) is 2.96. The van der Waals surface area contributed by atoms with Gasteiger partial charge in [0.2, 0.25) is 0 Å². The van der Waals surface area contributed by atoms with Gasteiger partial charge in [0, 0.05) is 30.2 Å². The molecule has 0 aliphatic heterocycles. The van der Waals surface area contributed by atoms with E-state index < -0.39 is 0 Å². The average molecular weight is 256 g/mol. The lowest BCUT2D eigenvalue weighted by Gasteiger charge is -2.27. The summed E-state index contributed by atoms with van der Waals surface area (Å²) < 4.78 is 1.86. The molecule has 0 amide bonds. The number of hydrogen-bond acceptors (Lipinski definition) is 3. The first-order valence-corrected chi connectivity index (χ1v) is 6.93. The zero-order valence-corrected chi connectivity index (χ0v) is 11.0. The molecule has 4 heteroatoms. The minimum Gasteiger partial charge on any atom is -0.382 e. The lowest BCUT2D eigenvalue weighted by Crippen LogP contribution is -2.32. The van der Waals surface area contributed by atoms with E-state index in [1.165, 1.54) is 18.5 Å². The second kappa shape index (κ2) is 5.45. The molecule has 0 spiro atoms. The van der Waals surface area contributed by atoms with Gasteiger partial charge in [-0.15, -0.1) is 0 Å². The third-order valence-corrected chi connectivity index (χ3v) is 3.78. The van der Waals surface area contributed by atoms with Gasteiger partial charge in [0.25, 0.3) is 0 Å². The number of rotatable bonds is 3. The van der Waals surface area contributed by atoms with Crippen molar-refractivity contribution < 1.29 is 0 Å². The van der Waals surface area contributed by atoms with Crippen LogP contribution in [-0.2, 0) is 0 Å². The molecule has 1 saturated carbocycles. The van der Waals surface area contributed by atoms with Crippen molar-refractivity contribution in [3.05, 3.63) is 42.7 Å².